The number of carbonyl (C=O) groups is 1. The minimum Gasteiger partial charge on any atom is -0.455 e. The van der Waals surface area contributed by atoms with Gasteiger partial charge in [-0.05, 0) is 31.5 Å². The molecule has 0 radical (unpaired) electrons. The van der Waals surface area contributed by atoms with Gasteiger partial charge in [0, 0.05) is 30.7 Å². The SMILES string of the molecule is Cl.O=C(CC1CCCN1)Nc1ccccc1Oc1cc(F)cc(F)c1. The molecule has 1 atom stereocenters. The van der Waals surface area contributed by atoms with Gasteiger partial charge < -0.3 is 15.4 Å². The molecule has 4 nitrogen and oxygen atoms in total. The van der Waals surface area contributed by atoms with Crippen molar-refractivity contribution >= 4 is 24.0 Å². The number of benzene rings is 2. The molecule has 0 saturated carbocycles. The van der Waals surface area contributed by atoms with Crippen LogP contribution in [0.3, 0.4) is 0 Å². The van der Waals surface area contributed by atoms with Gasteiger partial charge in [0.25, 0.3) is 0 Å². The first-order valence-corrected chi connectivity index (χ1v) is 7.86. The summed E-state index contributed by atoms with van der Waals surface area (Å²) in [4.78, 5) is 12.2. The summed E-state index contributed by atoms with van der Waals surface area (Å²) in [6, 6.07) is 9.93. The molecule has 0 spiro atoms. The number of halogens is 3. The number of rotatable bonds is 5. The van der Waals surface area contributed by atoms with E-state index < -0.39 is 11.6 Å². The molecule has 1 aliphatic rings. The van der Waals surface area contributed by atoms with Crippen molar-refractivity contribution in [2.45, 2.75) is 25.3 Å². The Balaban J connectivity index is 0.00000225. The number of carbonyl (C=O) groups excluding carboxylic acids is 1. The van der Waals surface area contributed by atoms with Crippen LogP contribution in [0.2, 0.25) is 0 Å². The van der Waals surface area contributed by atoms with Crippen LogP contribution in [0.15, 0.2) is 42.5 Å². The van der Waals surface area contributed by atoms with Gasteiger partial charge in [0.15, 0.2) is 5.75 Å². The first-order chi connectivity index (χ1) is 11.6. The van der Waals surface area contributed by atoms with Crippen molar-refractivity contribution in [3.05, 3.63) is 54.1 Å². The van der Waals surface area contributed by atoms with E-state index in [0.29, 0.717) is 17.9 Å². The second-order valence-electron chi connectivity index (χ2n) is 5.75. The highest BCUT2D eigenvalue weighted by molar-refractivity contribution is 5.92. The van der Waals surface area contributed by atoms with Crippen LogP contribution in [0.25, 0.3) is 0 Å². The lowest BCUT2D eigenvalue weighted by atomic mass is 10.1. The number of hydrogen-bond acceptors (Lipinski definition) is 3. The second-order valence-corrected chi connectivity index (χ2v) is 5.75. The standard InChI is InChI=1S/C18H18F2N2O2.ClH/c19-12-8-13(20)10-15(9-12)24-17-6-2-1-5-16(17)22-18(23)11-14-4-3-7-21-14;/h1-2,5-6,8-10,14,21H,3-4,7,11H2,(H,22,23);1H. The quantitative estimate of drug-likeness (QED) is 0.829. The fourth-order valence-electron chi connectivity index (χ4n) is 2.73. The maximum Gasteiger partial charge on any atom is 0.226 e. The van der Waals surface area contributed by atoms with Crippen molar-refractivity contribution < 1.29 is 18.3 Å². The van der Waals surface area contributed by atoms with E-state index in [0.717, 1.165) is 37.6 Å². The van der Waals surface area contributed by atoms with Gasteiger partial charge in [-0.2, -0.15) is 0 Å². The lowest BCUT2D eigenvalue weighted by Gasteiger charge is -2.14. The van der Waals surface area contributed by atoms with Crippen molar-refractivity contribution in [1.82, 2.24) is 5.32 Å². The normalized spacial score (nSPS) is 16.2. The Hall–Kier alpha value is -2.18. The van der Waals surface area contributed by atoms with Crippen molar-refractivity contribution in [1.29, 1.82) is 0 Å². The third-order valence-corrected chi connectivity index (χ3v) is 3.82. The summed E-state index contributed by atoms with van der Waals surface area (Å²) < 4.78 is 32.1. The number of anilines is 1. The van der Waals surface area contributed by atoms with Crippen LogP contribution >= 0.6 is 12.4 Å². The number of hydrogen-bond donors (Lipinski definition) is 2. The van der Waals surface area contributed by atoms with Gasteiger partial charge in [-0.3, -0.25) is 4.79 Å². The summed E-state index contributed by atoms with van der Waals surface area (Å²) in [6.07, 6.45) is 2.43. The largest absolute Gasteiger partial charge is 0.455 e. The van der Waals surface area contributed by atoms with Gasteiger partial charge in [0.05, 0.1) is 5.69 Å². The third kappa shape index (κ3) is 5.41. The van der Waals surface area contributed by atoms with E-state index in [1.807, 2.05) is 0 Å². The predicted molar refractivity (Wildman–Crippen MR) is 94.4 cm³/mol. The van der Waals surface area contributed by atoms with Crippen LogP contribution in [0.1, 0.15) is 19.3 Å². The Morgan fingerprint density at radius 2 is 1.92 bits per heavy atom. The molecule has 2 aromatic carbocycles. The van der Waals surface area contributed by atoms with E-state index in [1.165, 1.54) is 0 Å². The maximum absolute atomic E-state index is 13.3. The average molecular weight is 369 g/mol. The molecule has 2 N–H and O–H groups in total. The number of nitrogens with one attached hydrogen (secondary N) is 2. The molecule has 2 aromatic rings. The van der Waals surface area contributed by atoms with Crippen molar-refractivity contribution in [2.75, 3.05) is 11.9 Å². The maximum atomic E-state index is 13.3. The average Bonchev–Trinajstić information content (AvgIpc) is 3.01. The summed E-state index contributed by atoms with van der Waals surface area (Å²) in [5.41, 5.74) is 0.463. The summed E-state index contributed by atoms with van der Waals surface area (Å²) in [7, 11) is 0. The number of ether oxygens (including phenoxy) is 1. The second kappa shape index (κ2) is 8.78. The van der Waals surface area contributed by atoms with Crippen molar-refractivity contribution in [3.8, 4) is 11.5 Å². The van der Waals surface area contributed by atoms with E-state index in [-0.39, 0.29) is 30.1 Å². The van der Waals surface area contributed by atoms with E-state index >= 15 is 0 Å². The van der Waals surface area contributed by atoms with Crippen LogP contribution in [-0.4, -0.2) is 18.5 Å². The zero-order valence-electron chi connectivity index (χ0n) is 13.4. The number of para-hydroxylation sites is 2. The molecule has 25 heavy (non-hydrogen) atoms. The molecular formula is C18H19ClF2N2O2. The zero-order valence-corrected chi connectivity index (χ0v) is 14.2. The predicted octanol–water partition coefficient (Wildman–Crippen LogP) is 4.26. The van der Waals surface area contributed by atoms with Gasteiger partial charge >= 0.3 is 0 Å². The van der Waals surface area contributed by atoms with E-state index in [1.54, 1.807) is 24.3 Å². The monoisotopic (exact) mass is 368 g/mol. The lowest BCUT2D eigenvalue weighted by Crippen LogP contribution is -2.27. The van der Waals surface area contributed by atoms with Gasteiger partial charge in [0.1, 0.15) is 17.4 Å². The molecule has 7 heteroatoms. The van der Waals surface area contributed by atoms with Gasteiger partial charge in [0.2, 0.25) is 5.91 Å². The van der Waals surface area contributed by atoms with E-state index in [4.69, 9.17) is 4.74 Å². The highest BCUT2D eigenvalue weighted by Gasteiger charge is 2.18. The fraction of sp³-hybridized carbons (Fsp3) is 0.278. The Bertz CT molecular complexity index is 717. The van der Waals surface area contributed by atoms with Gasteiger partial charge in [-0.15, -0.1) is 12.4 Å². The highest BCUT2D eigenvalue weighted by atomic mass is 35.5. The highest BCUT2D eigenvalue weighted by Crippen LogP contribution is 2.30. The topological polar surface area (TPSA) is 50.4 Å². The molecule has 0 aromatic heterocycles. The summed E-state index contributed by atoms with van der Waals surface area (Å²) in [5.74, 6) is -1.21. The Morgan fingerprint density at radius 3 is 2.60 bits per heavy atom. The smallest absolute Gasteiger partial charge is 0.226 e. The summed E-state index contributed by atoms with van der Waals surface area (Å²) in [5, 5.41) is 6.06. The molecule has 1 aliphatic heterocycles. The molecule has 134 valence electrons. The van der Waals surface area contributed by atoms with Crippen LogP contribution in [0.5, 0.6) is 11.5 Å². The third-order valence-electron chi connectivity index (χ3n) is 3.82. The molecular weight excluding hydrogens is 350 g/mol. The molecule has 1 amide bonds. The lowest BCUT2D eigenvalue weighted by molar-refractivity contribution is -0.116. The Morgan fingerprint density at radius 1 is 1.20 bits per heavy atom. The minimum absolute atomic E-state index is 0. The van der Waals surface area contributed by atoms with E-state index in [9.17, 15) is 13.6 Å². The van der Waals surface area contributed by atoms with Crippen LogP contribution < -0.4 is 15.4 Å². The Labute approximate surface area is 151 Å². The van der Waals surface area contributed by atoms with Crippen molar-refractivity contribution in [3.63, 3.8) is 0 Å². The van der Waals surface area contributed by atoms with Crippen LogP contribution in [0, 0.1) is 11.6 Å². The van der Waals surface area contributed by atoms with Gasteiger partial charge in [-0.25, -0.2) is 8.78 Å². The summed E-state index contributed by atoms with van der Waals surface area (Å²) >= 11 is 0. The first kappa shape index (κ1) is 19.1. The molecule has 1 heterocycles. The summed E-state index contributed by atoms with van der Waals surface area (Å²) in [6.45, 7) is 0.933. The molecule has 3 rings (SSSR count). The first-order valence-electron chi connectivity index (χ1n) is 7.86. The van der Waals surface area contributed by atoms with E-state index in [2.05, 4.69) is 10.6 Å². The van der Waals surface area contributed by atoms with Crippen molar-refractivity contribution in [2.24, 2.45) is 0 Å². The fourth-order valence-corrected chi connectivity index (χ4v) is 2.73. The molecule has 0 aliphatic carbocycles. The zero-order chi connectivity index (χ0) is 16.9. The van der Waals surface area contributed by atoms with Crippen LogP contribution in [0.4, 0.5) is 14.5 Å². The number of amides is 1. The molecule has 1 saturated heterocycles. The molecule has 1 unspecified atom stereocenters. The minimum atomic E-state index is -0.723. The molecule has 1 fully saturated rings. The Kier molecular flexibility index (Phi) is 6.73. The van der Waals surface area contributed by atoms with Crippen LogP contribution in [-0.2, 0) is 4.79 Å². The molecule has 0 bridgehead atoms. The van der Waals surface area contributed by atoms with Gasteiger partial charge in [-0.1, -0.05) is 12.1 Å².